The molecule has 0 saturated heterocycles. The average molecular weight is 224 g/mol. The third-order valence-corrected chi connectivity index (χ3v) is 2.67. The summed E-state index contributed by atoms with van der Waals surface area (Å²) in [6.07, 6.45) is 1.62. The number of aryl methyl sites for hydroxylation is 1. The van der Waals surface area contributed by atoms with Crippen LogP contribution in [0.5, 0.6) is 0 Å². The van der Waals surface area contributed by atoms with Gasteiger partial charge in [0.15, 0.2) is 5.82 Å². The molecule has 1 N–H and O–H groups in total. The highest BCUT2D eigenvalue weighted by Gasteiger charge is 2.14. The number of nitrogens with one attached hydrogen (secondary N) is 1. The van der Waals surface area contributed by atoms with E-state index in [2.05, 4.69) is 29.0 Å². The summed E-state index contributed by atoms with van der Waals surface area (Å²) in [4.78, 5) is 17.6. The van der Waals surface area contributed by atoms with Gasteiger partial charge in [-0.1, -0.05) is 20.3 Å². The Morgan fingerprint density at radius 1 is 1.56 bits per heavy atom. The third-order valence-electron chi connectivity index (χ3n) is 2.67. The topological polar surface area (TPSA) is 61.9 Å². The highest BCUT2D eigenvalue weighted by molar-refractivity contribution is 5.75. The van der Waals surface area contributed by atoms with E-state index in [1.165, 1.54) is 0 Å². The smallest absolute Gasteiger partial charge is 0.222 e. The van der Waals surface area contributed by atoms with Crippen LogP contribution in [0.3, 0.4) is 0 Å². The maximum Gasteiger partial charge on any atom is 0.222 e. The molecule has 0 aliphatic carbocycles. The SMILES string of the molecule is CCC(C)CC(=O)N(C)Cc1n[nH]c(C)n1. The molecule has 1 amide bonds. The van der Waals surface area contributed by atoms with Gasteiger partial charge in [0, 0.05) is 13.5 Å². The zero-order valence-corrected chi connectivity index (χ0v) is 10.4. The van der Waals surface area contributed by atoms with Crippen molar-refractivity contribution in [1.29, 1.82) is 0 Å². The van der Waals surface area contributed by atoms with Crippen LogP contribution in [-0.4, -0.2) is 33.0 Å². The lowest BCUT2D eigenvalue weighted by Gasteiger charge is -2.17. The van der Waals surface area contributed by atoms with E-state index in [0.29, 0.717) is 24.7 Å². The molecular formula is C11H20N4O. The minimum absolute atomic E-state index is 0.150. The van der Waals surface area contributed by atoms with Crippen molar-refractivity contribution < 1.29 is 4.79 Å². The van der Waals surface area contributed by atoms with Crippen molar-refractivity contribution in [2.75, 3.05) is 7.05 Å². The predicted molar refractivity (Wildman–Crippen MR) is 61.7 cm³/mol. The van der Waals surface area contributed by atoms with Crippen LogP contribution in [0.2, 0.25) is 0 Å². The van der Waals surface area contributed by atoms with Gasteiger partial charge in [-0.25, -0.2) is 4.98 Å². The van der Waals surface area contributed by atoms with Gasteiger partial charge >= 0.3 is 0 Å². The Balaban J connectivity index is 2.45. The van der Waals surface area contributed by atoms with Crippen LogP contribution in [-0.2, 0) is 11.3 Å². The lowest BCUT2D eigenvalue weighted by molar-refractivity contribution is -0.131. The van der Waals surface area contributed by atoms with E-state index >= 15 is 0 Å². The molecule has 0 fully saturated rings. The molecule has 0 bridgehead atoms. The number of rotatable bonds is 5. The van der Waals surface area contributed by atoms with E-state index in [1.54, 1.807) is 11.9 Å². The molecule has 0 radical (unpaired) electrons. The van der Waals surface area contributed by atoms with E-state index < -0.39 is 0 Å². The Morgan fingerprint density at radius 2 is 2.25 bits per heavy atom. The van der Waals surface area contributed by atoms with Crippen molar-refractivity contribution in [3.63, 3.8) is 0 Å². The molecule has 1 atom stereocenters. The van der Waals surface area contributed by atoms with Crippen molar-refractivity contribution in [2.24, 2.45) is 5.92 Å². The van der Waals surface area contributed by atoms with Crippen LogP contribution in [0, 0.1) is 12.8 Å². The standard InChI is InChI=1S/C11H20N4O/c1-5-8(2)6-11(16)15(4)7-10-12-9(3)13-14-10/h8H,5-7H2,1-4H3,(H,12,13,14). The van der Waals surface area contributed by atoms with Gasteiger partial charge in [0.1, 0.15) is 5.82 Å². The van der Waals surface area contributed by atoms with Gasteiger partial charge in [0.25, 0.3) is 0 Å². The number of hydrogen-bond acceptors (Lipinski definition) is 3. The average Bonchev–Trinajstić information content (AvgIpc) is 2.63. The summed E-state index contributed by atoms with van der Waals surface area (Å²) < 4.78 is 0. The molecule has 90 valence electrons. The first-order chi connectivity index (χ1) is 7.52. The molecule has 0 aromatic carbocycles. The summed E-state index contributed by atoms with van der Waals surface area (Å²) >= 11 is 0. The van der Waals surface area contributed by atoms with Gasteiger partial charge in [-0.2, -0.15) is 5.10 Å². The number of amides is 1. The Hall–Kier alpha value is -1.39. The van der Waals surface area contributed by atoms with Crippen molar-refractivity contribution in [2.45, 2.75) is 40.2 Å². The van der Waals surface area contributed by atoms with Crippen LogP contribution in [0.15, 0.2) is 0 Å². The molecule has 0 aliphatic rings. The lowest BCUT2D eigenvalue weighted by Crippen LogP contribution is -2.27. The molecular weight excluding hydrogens is 204 g/mol. The lowest BCUT2D eigenvalue weighted by atomic mass is 10.0. The summed E-state index contributed by atoms with van der Waals surface area (Å²) in [5, 5.41) is 6.77. The monoisotopic (exact) mass is 224 g/mol. The van der Waals surface area contributed by atoms with E-state index in [1.807, 2.05) is 6.92 Å². The van der Waals surface area contributed by atoms with Crippen molar-refractivity contribution in [3.05, 3.63) is 11.6 Å². The van der Waals surface area contributed by atoms with Gasteiger partial charge in [0.05, 0.1) is 6.54 Å². The number of carbonyl (C=O) groups is 1. The maximum atomic E-state index is 11.8. The molecule has 5 heteroatoms. The first-order valence-corrected chi connectivity index (χ1v) is 5.64. The molecule has 5 nitrogen and oxygen atoms in total. The third kappa shape index (κ3) is 3.64. The number of carbonyl (C=O) groups excluding carboxylic acids is 1. The Morgan fingerprint density at radius 3 is 2.75 bits per heavy atom. The molecule has 0 saturated carbocycles. The summed E-state index contributed by atoms with van der Waals surface area (Å²) in [5.41, 5.74) is 0. The number of nitrogens with zero attached hydrogens (tertiary/aromatic N) is 3. The van der Waals surface area contributed by atoms with Crippen LogP contribution >= 0.6 is 0 Å². The summed E-state index contributed by atoms with van der Waals surface area (Å²) in [6.45, 7) is 6.50. The van der Waals surface area contributed by atoms with Crippen LogP contribution in [0.25, 0.3) is 0 Å². The van der Waals surface area contributed by atoms with Crippen molar-refractivity contribution in [3.8, 4) is 0 Å². The Labute approximate surface area is 96.3 Å². The highest BCUT2D eigenvalue weighted by atomic mass is 16.2. The highest BCUT2D eigenvalue weighted by Crippen LogP contribution is 2.09. The maximum absolute atomic E-state index is 11.8. The largest absolute Gasteiger partial charge is 0.338 e. The zero-order valence-electron chi connectivity index (χ0n) is 10.4. The van der Waals surface area contributed by atoms with E-state index in [9.17, 15) is 4.79 Å². The number of H-pyrrole nitrogens is 1. The Kier molecular flexibility index (Phi) is 4.46. The molecule has 0 aliphatic heterocycles. The molecule has 1 rings (SSSR count). The van der Waals surface area contributed by atoms with Gasteiger partial charge < -0.3 is 4.90 Å². The number of aromatic amines is 1. The summed E-state index contributed by atoms with van der Waals surface area (Å²) in [7, 11) is 1.79. The fraction of sp³-hybridized carbons (Fsp3) is 0.727. The van der Waals surface area contributed by atoms with Gasteiger partial charge in [-0.3, -0.25) is 9.89 Å². The van der Waals surface area contributed by atoms with E-state index in [0.717, 1.165) is 12.2 Å². The number of aromatic nitrogens is 3. The summed E-state index contributed by atoms with van der Waals surface area (Å²) in [5.74, 6) is 2.02. The van der Waals surface area contributed by atoms with Crippen LogP contribution < -0.4 is 0 Å². The van der Waals surface area contributed by atoms with E-state index in [4.69, 9.17) is 0 Å². The van der Waals surface area contributed by atoms with Gasteiger partial charge in [-0.05, 0) is 12.8 Å². The van der Waals surface area contributed by atoms with E-state index in [-0.39, 0.29) is 5.91 Å². The second-order valence-corrected chi connectivity index (χ2v) is 4.30. The predicted octanol–water partition coefficient (Wildman–Crippen LogP) is 1.51. The Bertz CT molecular complexity index is 348. The molecule has 1 unspecified atom stereocenters. The van der Waals surface area contributed by atoms with Crippen molar-refractivity contribution in [1.82, 2.24) is 20.1 Å². The van der Waals surface area contributed by atoms with Crippen LogP contribution in [0.1, 0.15) is 38.3 Å². The molecule has 1 aromatic rings. The fourth-order valence-electron chi connectivity index (χ4n) is 1.36. The fourth-order valence-corrected chi connectivity index (χ4v) is 1.36. The molecule has 1 aromatic heterocycles. The number of hydrogen-bond donors (Lipinski definition) is 1. The molecule has 0 spiro atoms. The van der Waals surface area contributed by atoms with Crippen LogP contribution in [0.4, 0.5) is 0 Å². The quantitative estimate of drug-likeness (QED) is 0.824. The zero-order chi connectivity index (χ0) is 12.1. The summed E-state index contributed by atoms with van der Waals surface area (Å²) in [6, 6.07) is 0. The normalized spacial score (nSPS) is 12.5. The van der Waals surface area contributed by atoms with Crippen molar-refractivity contribution >= 4 is 5.91 Å². The van der Waals surface area contributed by atoms with Gasteiger partial charge in [0.2, 0.25) is 5.91 Å². The second-order valence-electron chi connectivity index (χ2n) is 4.30. The minimum Gasteiger partial charge on any atom is -0.338 e. The first kappa shape index (κ1) is 12.7. The van der Waals surface area contributed by atoms with Gasteiger partial charge in [-0.15, -0.1) is 0 Å². The first-order valence-electron chi connectivity index (χ1n) is 5.64. The second kappa shape index (κ2) is 5.63. The minimum atomic E-state index is 0.150. The molecule has 1 heterocycles. The molecule has 16 heavy (non-hydrogen) atoms.